The molecule has 1 unspecified atom stereocenters. The SMILES string of the molecule is CC(C)C(Oc1ccc(Nc2ccccc2)cc1)C(=O)O. The van der Waals surface area contributed by atoms with Crippen molar-refractivity contribution in [1.29, 1.82) is 0 Å². The van der Waals surface area contributed by atoms with Crippen LogP contribution in [0.15, 0.2) is 54.6 Å². The van der Waals surface area contributed by atoms with Crippen LogP contribution < -0.4 is 10.1 Å². The Morgan fingerprint density at radius 1 is 1.00 bits per heavy atom. The molecule has 110 valence electrons. The third-order valence-electron chi connectivity index (χ3n) is 3.03. The van der Waals surface area contributed by atoms with Crippen molar-refractivity contribution in [2.24, 2.45) is 5.92 Å². The van der Waals surface area contributed by atoms with Crippen LogP contribution in [0.4, 0.5) is 11.4 Å². The summed E-state index contributed by atoms with van der Waals surface area (Å²) in [5.41, 5.74) is 1.92. The smallest absolute Gasteiger partial charge is 0.345 e. The van der Waals surface area contributed by atoms with Crippen molar-refractivity contribution >= 4 is 17.3 Å². The second-order valence-electron chi connectivity index (χ2n) is 5.14. The van der Waals surface area contributed by atoms with Crippen molar-refractivity contribution in [3.63, 3.8) is 0 Å². The minimum absolute atomic E-state index is 0.0929. The third kappa shape index (κ3) is 4.24. The highest BCUT2D eigenvalue weighted by molar-refractivity contribution is 5.73. The van der Waals surface area contributed by atoms with E-state index in [4.69, 9.17) is 9.84 Å². The van der Waals surface area contributed by atoms with Crippen molar-refractivity contribution < 1.29 is 14.6 Å². The van der Waals surface area contributed by atoms with Gasteiger partial charge in [-0.3, -0.25) is 0 Å². The molecule has 2 N–H and O–H groups in total. The molecule has 0 saturated heterocycles. The summed E-state index contributed by atoms with van der Waals surface area (Å²) in [5, 5.41) is 12.4. The van der Waals surface area contributed by atoms with Crippen molar-refractivity contribution in [2.45, 2.75) is 20.0 Å². The number of nitrogens with one attached hydrogen (secondary N) is 1. The quantitative estimate of drug-likeness (QED) is 0.844. The zero-order valence-corrected chi connectivity index (χ0v) is 12.1. The monoisotopic (exact) mass is 285 g/mol. The van der Waals surface area contributed by atoms with Crippen molar-refractivity contribution in [2.75, 3.05) is 5.32 Å². The fraction of sp³-hybridized carbons (Fsp3) is 0.235. The van der Waals surface area contributed by atoms with Crippen molar-refractivity contribution in [3.8, 4) is 5.75 Å². The maximum Gasteiger partial charge on any atom is 0.345 e. The van der Waals surface area contributed by atoms with Gasteiger partial charge < -0.3 is 15.2 Å². The van der Waals surface area contributed by atoms with Gasteiger partial charge in [0, 0.05) is 17.3 Å². The number of para-hydroxylation sites is 1. The fourth-order valence-corrected chi connectivity index (χ4v) is 1.92. The summed E-state index contributed by atoms with van der Waals surface area (Å²) < 4.78 is 5.52. The van der Waals surface area contributed by atoms with Crippen LogP contribution in [0.25, 0.3) is 0 Å². The largest absolute Gasteiger partial charge is 0.478 e. The molecule has 2 aromatic rings. The zero-order chi connectivity index (χ0) is 15.2. The Balaban J connectivity index is 2.03. The van der Waals surface area contributed by atoms with E-state index in [0.717, 1.165) is 11.4 Å². The highest BCUT2D eigenvalue weighted by atomic mass is 16.5. The Kier molecular flexibility index (Phi) is 4.82. The predicted molar refractivity (Wildman–Crippen MR) is 83.1 cm³/mol. The van der Waals surface area contributed by atoms with E-state index in [9.17, 15) is 4.79 Å². The molecule has 0 saturated carbocycles. The molecule has 0 aromatic heterocycles. The maximum atomic E-state index is 11.1. The average Bonchev–Trinajstić information content (AvgIpc) is 2.47. The van der Waals surface area contributed by atoms with E-state index in [1.54, 1.807) is 12.1 Å². The Morgan fingerprint density at radius 2 is 1.57 bits per heavy atom. The number of rotatable bonds is 6. The standard InChI is InChI=1S/C17H19NO3/c1-12(2)16(17(19)20)21-15-10-8-14(9-11-15)18-13-6-4-3-5-7-13/h3-12,16,18H,1-2H3,(H,19,20). The normalized spacial score (nSPS) is 12.0. The summed E-state index contributed by atoms with van der Waals surface area (Å²) in [6.45, 7) is 3.65. The third-order valence-corrected chi connectivity index (χ3v) is 3.03. The molecular weight excluding hydrogens is 266 g/mol. The molecule has 0 amide bonds. The predicted octanol–water partition coefficient (Wildman–Crippen LogP) is 3.92. The van der Waals surface area contributed by atoms with E-state index in [1.165, 1.54) is 0 Å². The van der Waals surface area contributed by atoms with Gasteiger partial charge >= 0.3 is 5.97 Å². The van der Waals surface area contributed by atoms with Gasteiger partial charge in [0.1, 0.15) is 5.75 Å². The number of carboxylic acids is 1. The number of hydrogen-bond donors (Lipinski definition) is 2. The molecule has 4 heteroatoms. The van der Waals surface area contributed by atoms with E-state index in [1.807, 2.05) is 56.3 Å². The molecule has 21 heavy (non-hydrogen) atoms. The van der Waals surface area contributed by atoms with Gasteiger partial charge in [-0.15, -0.1) is 0 Å². The van der Waals surface area contributed by atoms with Crippen LogP contribution in [0.2, 0.25) is 0 Å². The minimum Gasteiger partial charge on any atom is -0.478 e. The Morgan fingerprint density at radius 3 is 2.10 bits per heavy atom. The molecule has 0 bridgehead atoms. The number of aliphatic carboxylic acids is 1. The average molecular weight is 285 g/mol. The van der Waals surface area contributed by atoms with Gasteiger partial charge in [-0.2, -0.15) is 0 Å². The molecule has 1 atom stereocenters. The van der Waals surface area contributed by atoms with E-state index in [-0.39, 0.29) is 5.92 Å². The molecule has 0 spiro atoms. The summed E-state index contributed by atoms with van der Waals surface area (Å²) in [5.74, 6) is -0.490. The van der Waals surface area contributed by atoms with Crippen LogP contribution in [-0.4, -0.2) is 17.2 Å². The molecule has 0 radical (unpaired) electrons. The van der Waals surface area contributed by atoms with Crippen molar-refractivity contribution in [3.05, 3.63) is 54.6 Å². The molecule has 0 heterocycles. The second-order valence-corrected chi connectivity index (χ2v) is 5.14. The Hall–Kier alpha value is -2.49. The first-order valence-electron chi connectivity index (χ1n) is 6.88. The number of ether oxygens (including phenoxy) is 1. The van der Waals surface area contributed by atoms with Crippen LogP contribution >= 0.6 is 0 Å². The van der Waals surface area contributed by atoms with Crippen LogP contribution in [0.1, 0.15) is 13.8 Å². The van der Waals surface area contributed by atoms with Gasteiger partial charge in [0.15, 0.2) is 6.10 Å². The van der Waals surface area contributed by atoms with Gasteiger partial charge in [-0.25, -0.2) is 4.79 Å². The van der Waals surface area contributed by atoms with E-state index in [2.05, 4.69) is 5.32 Å². The summed E-state index contributed by atoms with van der Waals surface area (Å²) in [6, 6.07) is 17.1. The molecule has 0 aliphatic heterocycles. The number of carbonyl (C=O) groups is 1. The topological polar surface area (TPSA) is 58.6 Å². The second kappa shape index (κ2) is 6.79. The molecule has 0 aliphatic carbocycles. The van der Waals surface area contributed by atoms with Crippen LogP contribution in [0.3, 0.4) is 0 Å². The highest BCUT2D eigenvalue weighted by Gasteiger charge is 2.23. The number of carboxylic acid groups (broad SMARTS) is 1. The lowest BCUT2D eigenvalue weighted by molar-refractivity contribution is -0.147. The molecule has 0 aliphatic rings. The van der Waals surface area contributed by atoms with Gasteiger partial charge in [-0.1, -0.05) is 32.0 Å². The lowest BCUT2D eigenvalue weighted by Gasteiger charge is -2.18. The summed E-state index contributed by atoms with van der Waals surface area (Å²) in [7, 11) is 0. The molecular formula is C17H19NO3. The molecule has 2 aromatic carbocycles. The molecule has 2 rings (SSSR count). The van der Waals surface area contributed by atoms with Crippen LogP contribution in [0, 0.1) is 5.92 Å². The zero-order valence-electron chi connectivity index (χ0n) is 12.1. The van der Waals surface area contributed by atoms with Crippen molar-refractivity contribution in [1.82, 2.24) is 0 Å². The van der Waals surface area contributed by atoms with Gasteiger partial charge in [0.2, 0.25) is 0 Å². The lowest BCUT2D eigenvalue weighted by atomic mass is 10.1. The van der Waals surface area contributed by atoms with Crippen LogP contribution in [0.5, 0.6) is 5.75 Å². The fourth-order valence-electron chi connectivity index (χ4n) is 1.92. The first-order valence-corrected chi connectivity index (χ1v) is 6.88. The maximum absolute atomic E-state index is 11.1. The summed E-state index contributed by atoms with van der Waals surface area (Å²) in [4.78, 5) is 11.1. The van der Waals surface area contributed by atoms with E-state index in [0.29, 0.717) is 5.75 Å². The minimum atomic E-state index is -0.948. The van der Waals surface area contributed by atoms with Gasteiger partial charge in [0.25, 0.3) is 0 Å². The Labute approximate surface area is 124 Å². The molecule has 4 nitrogen and oxygen atoms in total. The van der Waals surface area contributed by atoms with E-state index < -0.39 is 12.1 Å². The summed E-state index contributed by atoms with van der Waals surface area (Å²) >= 11 is 0. The van der Waals surface area contributed by atoms with Crippen LogP contribution in [-0.2, 0) is 4.79 Å². The first kappa shape index (κ1) is 14.9. The number of anilines is 2. The lowest BCUT2D eigenvalue weighted by Crippen LogP contribution is -2.32. The first-order chi connectivity index (χ1) is 10.1. The van der Waals surface area contributed by atoms with Gasteiger partial charge in [-0.05, 0) is 36.4 Å². The molecule has 0 fully saturated rings. The number of benzene rings is 2. The summed E-state index contributed by atoms with van der Waals surface area (Å²) in [6.07, 6.45) is -0.835. The number of hydrogen-bond acceptors (Lipinski definition) is 3. The Bertz CT molecular complexity index is 579. The van der Waals surface area contributed by atoms with E-state index >= 15 is 0 Å². The van der Waals surface area contributed by atoms with Gasteiger partial charge in [0.05, 0.1) is 0 Å². The highest BCUT2D eigenvalue weighted by Crippen LogP contribution is 2.21.